The van der Waals surface area contributed by atoms with E-state index in [0.29, 0.717) is 6.61 Å². The van der Waals surface area contributed by atoms with Crippen LogP contribution in [0.25, 0.3) is 0 Å². The number of ether oxygens (including phenoxy) is 1. The molecule has 5 heteroatoms. The molecule has 0 bridgehead atoms. The van der Waals surface area contributed by atoms with E-state index in [2.05, 4.69) is 0 Å². The molecular formula is C15H22N2O3. The lowest BCUT2D eigenvalue weighted by Crippen LogP contribution is -2.38. The number of benzene rings is 1. The summed E-state index contributed by atoms with van der Waals surface area (Å²) in [4.78, 5) is 19.0. The molecule has 5 nitrogen and oxygen atoms in total. The first-order valence-corrected chi connectivity index (χ1v) is 6.86. The van der Waals surface area contributed by atoms with Gasteiger partial charge in [-0.25, -0.2) is 0 Å². The number of carbonyl (C=O) groups is 1. The van der Waals surface area contributed by atoms with Crippen LogP contribution >= 0.6 is 0 Å². The lowest BCUT2D eigenvalue weighted by Gasteiger charge is -2.29. The van der Waals surface area contributed by atoms with Gasteiger partial charge in [-0.2, -0.15) is 5.06 Å². The van der Waals surface area contributed by atoms with Crippen molar-refractivity contribution in [2.24, 2.45) is 0 Å². The van der Waals surface area contributed by atoms with Crippen molar-refractivity contribution in [2.75, 3.05) is 34.4 Å². The highest BCUT2D eigenvalue weighted by Crippen LogP contribution is 2.35. The molecule has 1 aliphatic rings. The predicted octanol–water partition coefficient (Wildman–Crippen LogP) is 1.85. The fraction of sp³-hybridized carbons (Fsp3) is 0.533. The van der Waals surface area contributed by atoms with Crippen LogP contribution in [0.3, 0.4) is 0 Å². The third-order valence-electron chi connectivity index (χ3n) is 3.53. The van der Waals surface area contributed by atoms with Gasteiger partial charge in [0.25, 0.3) is 0 Å². The zero-order valence-electron chi connectivity index (χ0n) is 12.3. The van der Waals surface area contributed by atoms with Crippen LogP contribution in [0.2, 0.25) is 0 Å². The van der Waals surface area contributed by atoms with Gasteiger partial charge >= 0.3 is 0 Å². The Morgan fingerprint density at radius 3 is 2.85 bits per heavy atom. The van der Waals surface area contributed by atoms with Gasteiger partial charge in [-0.05, 0) is 18.9 Å². The maximum absolute atomic E-state index is 11.9. The van der Waals surface area contributed by atoms with Gasteiger partial charge in [-0.15, -0.1) is 0 Å². The molecule has 0 aromatic heterocycles. The molecule has 110 valence electrons. The highest BCUT2D eigenvalue weighted by molar-refractivity contribution is 5.77. The predicted molar refractivity (Wildman–Crippen MR) is 76.3 cm³/mol. The van der Waals surface area contributed by atoms with Crippen LogP contribution in [0.5, 0.6) is 5.75 Å². The zero-order chi connectivity index (χ0) is 14.5. The standard InChI is InChI=1S/C15H22N2O3/c1-16(2)15(18)11-17(19-3)13-8-6-10-20-14-9-5-4-7-12(13)14/h4-5,7,9,13H,6,8,10-11H2,1-3H3. The molecule has 0 spiro atoms. The van der Waals surface area contributed by atoms with Gasteiger partial charge in [-0.3, -0.25) is 4.79 Å². The van der Waals surface area contributed by atoms with Crippen LogP contribution in [0.15, 0.2) is 24.3 Å². The molecule has 1 aromatic carbocycles. The Labute approximate surface area is 120 Å². The normalized spacial score (nSPS) is 18.1. The molecule has 2 rings (SSSR count). The van der Waals surface area contributed by atoms with Crippen LogP contribution < -0.4 is 4.74 Å². The average molecular weight is 278 g/mol. The van der Waals surface area contributed by atoms with E-state index < -0.39 is 0 Å². The third-order valence-corrected chi connectivity index (χ3v) is 3.53. The Balaban J connectivity index is 2.22. The molecule has 0 aliphatic carbocycles. The summed E-state index contributed by atoms with van der Waals surface area (Å²) in [5.74, 6) is 0.906. The molecule has 0 radical (unpaired) electrons. The maximum Gasteiger partial charge on any atom is 0.238 e. The van der Waals surface area contributed by atoms with Crippen molar-refractivity contribution < 1.29 is 14.4 Å². The zero-order valence-corrected chi connectivity index (χ0v) is 12.3. The first-order chi connectivity index (χ1) is 9.63. The summed E-state index contributed by atoms with van der Waals surface area (Å²) < 4.78 is 5.75. The summed E-state index contributed by atoms with van der Waals surface area (Å²) in [7, 11) is 5.11. The Hall–Kier alpha value is -1.59. The van der Waals surface area contributed by atoms with Gasteiger partial charge < -0.3 is 14.5 Å². The number of carbonyl (C=O) groups excluding carboxylic acids is 1. The second kappa shape index (κ2) is 6.72. The van der Waals surface area contributed by atoms with Crippen molar-refractivity contribution in [3.8, 4) is 5.75 Å². The number of rotatable bonds is 4. The van der Waals surface area contributed by atoms with E-state index in [1.807, 2.05) is 24.3 Å². The molecule has 1 heterocycles. The summed E-state index contributed by atoms with van der Waals surface area (Å²) in [6.45, 7) is 0.940. The first kappa shape index (κ1) is 14.8. The molecule has 1 aromatic rings. The molecular weight excluding hydrogens is 256 g/mol. The minimum absolute atomic E-state index is 0.0227. The van der Waals surface area contributed by atoms with Gasteiger partial charge in [0.05, 0.1) is 19.8 Å². The number of nitrogens with zero attached hydrogens (tertiary/aromatic N) is 2. The topological polar surface area (TPSA) is 42.0 Å². The Kier molecular flexibility index (Phi) is 4.98. The van der Waals surface area contributed by atoms with E-state index in [1.54, 1.807) is 31.2 Å². The fourth-order valence-electron chi connectivity index (χ4n) is 2.38. The third kappa shape index (κ3) is 3.29. The van der Waals surface area contributed by atoms with Crippen molar-refractivity contribution in [3.05, 3.63) is 29.8 Å². The number of hydrogen-bond donors (Lipinski definition) is 0. The number of likely N-dealkylation sites (N-methyl/N-ethyl adjacent to an activating group) is 1. The highest BCUT2D eigenvalue weighted by Gasteiger charge is 2.27. The number of para-hydroxylation sites is 1. The fourth-order valence-corrected chi connectivity index (χ4v) is 2.38. The first-order valence-electron chi connectivity index (χ1n) is 6.86. The molecule has 0 saturated heterocycles. The van der Waals surface area contributed by atoms with Crippen LogP contribution in [-0.2, 0) is 9.63 Å². The monoisotopic (exact) mass is 278 g/mol. The lowest BCUT2D eigenvalue weighted by atomic mass is 10.0. The quantitative estimate of drug-likeness (QED) is 0.788. The molecule has 1 aliphatic heterocycles. The summed E-state index contributed by atoms with van der Waals surface area (Å²) >= 11 is 0. The second-order valence-electron chi connectivity index (χ2n) is 5.09. The van der Waals surface area contributed by atoms with E-state index in [1.165, 1.54) is 0 Å². The molecule has 1 atom stereocenters. The summed E-state index contributed by atoms with van der Waals surface area (Å²) in [5, 5.41) is 1.75. The van der Waals surface area contributed by atoms with Gasteiger partial charge in [0.2, 0.25) is 5.91 Å². The molecule has 0 N–H and O–H groups in total. The van der Waals surface area contributed by atoms with Crippen molar-refractivity contribution >= 4 is 5.91 Å². The number of hydroxylamine groups is 2. The van der Waals surface area contributed by atoms with Gasteiger partial charge in [0.1, 0.15) is 12.3 Å². The highest BCUT2D eigenvalue weighted by atomic mass is 16.7. The molecule has 0 fully saturated rings. The van der Waals surface area contributed by atoms with E-state index in [4.69, 9.17) is 9.57 Å². The minimum Gasteiger partial charge on any atom is -0.493 e. The molecule has 1 amide bonds. The Morgan fingerprint density at radius 1 is 1.40 bits per heavy atom. The van der Waals surface area contributed by atoms with E-state index >= 15 is 0 Å². The van der Waals surface area contributed by atoms with Gasteiger partial charge in [0, 0.05) is 19.7 Å². The molecule has 1 unspecified atom stereocenters. The SMILES string of the molecule is CON(CC(=O)N(C)C)C1CCCOc2ccccc21. The van der Waals surface area contributed by atoms with Crippen LogP contribution in [0, 0.1) is 0 Å². The van der Waals surface area contributed by atoms with Crippen molar-refractivity contribution in [1.82, 2.24) is 9.96 Å². The largest absolute Gasteiger partial charge is 0.493 e. The summed E-state index contributed by atoms with van der Waals surface area (Å²) in [6.07, 6.45) is 1.85. The summed E-state index contributed by atoms with van der Waals surface area (Å²) in [5.41, 5.74) is 1.08. The number of amides is 1. The van der Waals surface area contributed by atoms with Crippen LogP contribution in [0.1, 0.15) is 24.4 Å². The lowest BCUT2D eigenvalue weighted by molar-refractivity contribution is -0.176. The van der Waals surface area contributed by atoms with E-state index in [0.717, 1.165) is 24.2 Å². The number of fused-ring (bicyclic) bond motifs is 1. The van der Waals surface area contributed by atoms with Crippen molar-refractivity contribution in [2.45, 2.75) is 18.9 Å². The van der Waals surface area contributed by atoms with Gasteiger partial charge in [-0.1, -0.05) is 18.2 Å². The summed E-state index contributed by atoms with van der Waals surface area (Å²) in [6, 6.07) is 8.00. The minimum atomic E-state index is 0.0227. The molecule has 20 heavy (non-hydrogen) atoms. The van der Waals surface area contributed by atoms with Crippen LogP contribution in [0.4, 0.5) is 0 Å². The van der Waals surface area contributed by atoms with Crippen molar-refractivity contribution in [3.63, 3.8) is 0 Å². The second-order valence-corrected chi connectivity index (χ2v) is 5.09. The Morgan fingerprint density at radius 2 is 2.15 bits per heavy atom. The number of hydrogen-bond acceptors (Lipinski definition) is 4. The maximum atomic E-state index is 11.9. The van der Waals surface area contributed by atoms with E-state index in [9.17, 15) is 4.79 Å². The average Bonchev–Trinajstić information content (AvgIpc) is 2.66. The Bertz CT molecular complexity index is 462. The van der Waals surface area contributed by atoms with E-state index in [-0.39, 0.29) is 18.5 Å². The van der Waals surface area contributed by atoms with Gasteiger partial charge in [0.15, 0.2) is 0 Å². The molecule has 0 saturated carbocycles. The smallest absolute Gasteiger partial charge is 0.238 e. The van der Waals surface area contributed by atoms with Crippen LogP contribution in [-0.4, -0.2) is 50.2 Å². The van der Waals surface area contributed by atoms with Crippen molar-refractivity contribution in [1.29, 1.82) is 0 Å².